The van der Waals surface area contributed by atoms with Gasteiger partial charge < -0.3 is 4.90 Å². The summed E-state index contributed by atoms with van der Waals surface area (Å²) in [5, 5.41) is 0. The van der Waals surface area contributed by atoms with E-state index in [1.54, 1.807) is 6.08 Å². The van der Waals surface area contributed by atoms with Gasteiger partial charge in [0.1, 0.15) is 0 Å². The third-order valence-corrected chi connectivity index (χ3v) is 3.00. The highest BCUT2D eigenvalue weighted by atomic mass is 15.2. The van der Waals surface area contributed by atoms with E-state index in [0.717, 1.165) is 18.7 Å². The summed E-state index contributed by atoms with van der Waals surface area (Å²) in [6.07, 6.45) is 9.04. The smallest absolute Gasteiger partial charge is 0.0364 e. The van der Waals surface area contributed by atoms with Gasteiger partial charge in [0.05, 0.1) is 0 Å². The number of allylic oxidation sites excluding steroid dienone is 5. The monoisotopic (exact) mass is 215 g/mol. The lowest BCUT2D eigenvalue weighted by atomic mass is 9.99. The Morgan fingerprint density at radius 1 is 1.50 bits per heavy atom. The maximum absolute atomic E-state index is 4.18. The quantitative estimate of drug-likeness (QED) is 0.505. The highest BCUT2D eigenvalue weighted by Gasteiger charge is 2.27. The van der Waals surface area contributed by atoms with Gasteiger partial charge in [-0.15, -0.1) is 0 Å². The number of rotatable bonds is 4. The summed E-state index contributed by atoms with van der Waals surface area (Å²) in [4.78, 5) is 2.26. The highest BCUT2D eigenvalue weighted by Crippen LogP contribution is 2.34. The van der Waals surface area contributed by atoms with Crippen LogP contribution in [0.2, 0.25) is 0 Å². The maximum atomic E-state index is 4.18. The molecule has 1 unspecified atom stereocenters. The van der Waals surface area contributed by atoms with Gasteiger partial charge in [0.25, 0.3) is 0 Å². The second-order valence-corrected chi connectivity index (χ2v) is 4.14. The zero-order chi connectivity index (χ0) is 12.1. The Kier molecular flexibility index (Phi) is 4.36. The molecule has 0 aliphatic carbocycles. The van der Waals surface area contributed by atoms with E-state index in [1.807, 2.05) is 13.0 Å². The molecule has 1 fully saturated rings. The number of likely N-dealkylation sites (tertiary alicyclic amines) is 1. The zero-order valence-electron chi connectivity index (χ0n) is 10.4. The summed E-state index contributed by atoms with van der Waals surface area (Å²) in [5.41, 5.74) is 3.55. The summed E-state index contributed by atoms with van der Waals surface area (Å²) < 4.78 is 0. The molecular weight excluding hydrogens is 194 g/mol. The SMILES string of the molecule is C=C/C=C\C(=C/C)N1CCC(C(=C)C)C1=C. The van der Waals surface area contributed by atoms with Crippen molar-refractivity contribution in [3.8, 4) is 0 Å². The fourth-order valence-corrected chi connectivity index (χ4v) is 2.09. The molecule has 0 aromatic carbocycles. The molecule has 0 aromatic rings. The van der Waals surface area contributed by atoms with Gasteiger partial charge in [-0.25, -0.2) is 0 Å². The molecule has 0 spiro atoms. The molecule has 1 saturated heterocycles. The van der Waals surface area contributed by atoms with Gasteiger partial charge in [0, 0.05) is 23.9 Å². The number of nitrogens with zero attached hydrogens (tertiary/aromatic N) is 1. The molecule has 86 valence electrons. The number of hydrogen-bond acceptors (Lipinski definition) is 1. The maximum Gasteiger partial charge on any atom is 0.0364 e. The first kappa shape index (κ1) is 12.6. The Morgan fingerprint density at radius 3 is 2.62 bits per heavy atom. The van der Waals surface area contributed by atoms with Crippen molar-refractivity contribution in [1.82, 2.24) is 4.90 Å². The molecule has 1 atom stereocenters. The summed E-state index contributed by atoms with van der Waals surface area (Å²) in [5.74, 6) is 0.437. The molecule has 1 aliphatic rings. The molecule has 0 bridgehead atoms. The standard InChI is InChI=1S/C15H21N/c1-6-8-9-14(7-2)16-11-10-15(12(3)4)13(16)5/h6-9,15H,1,3,5,10-11H2,2,4H3/b9-8-,14-7+. The van der Waals surface area contributed by atoms with Crippen LogP contribution >= 0.6 is 0 Å². The first-order chi connectivity index (χ1) is 7.61. The molecule has 1 nitrogen and oxygen atoms in total. The molecule has 1 heterocycles. The normalized spacial score (nSPS) is 21.9. The van der Waals surface area contributed by atoms with Crippen LogP contribution in [-0.4, -0.2) is 11.4 Å². The lowest BCUT2D eigenvalue weighted by molar-refractivity contribution is 0.502. The second-order valence-electron chi connectivity index (χ2n) is 4.14. The summed E-state index contributed by atoms with van der Waals surface area (Å²) >= 11 is 0. The van der Waals surface area contributed by atoms with Gasteiger partial charge in [0.2, 0.25) is 0 Å². The molecule has 1 heteroatoms. The first-order valence-electron chi connectivity index (χ1n) is 5.69. The van der Waals surface area contributed by atoms with Crippen LogP contribution in [0.15, 0.2) is 61.0 Å². The Morgan fingerprint density at radius 2 is 2.19 bits per heavy atom. The predicted octanol–water partition coefficient (Wildman–Crippen LogP) is 4.04. The molecule has 0 aromatic heterocycles. The summed E-state index contributed by atoms with van der Waals surface area (Å²) in [6, 6.07) is 0. The minimum Gasteiger partial charge on any atom is -0.345 e. The van der Waals surface area contributed by atoms with Crippen molar-refractivity contribution in [3.63, 3.8) is 0 Å². The lowest BCUT2D eigenvalue weighted by Crippen LogP contribution is -2.16. The fraction of sp³-hybridized carbons (Fsp3) is 0.333. The van der Waals surface area contributed by atoms with E-state index in [1.165, 1.54) is 11.3 Å². The van der Waals surface area contributed by atoms with Crippen LogP contribution in [-0.2, 0) is 0 Å². The zero-order valence-corrected chi connectivity index (χ0v) is 10.4. The fourth-order valence-electron chi connectivity index (χ4n) is 2.09. The van der Waals surface area contributed by atoms with Crippen molar-refractivity contribution in [2.45, 2.75) is 20.3 Å². The Hall–Kier alpha value is -1.50. The lowest BCUT2D eigenvalue weighted by Gasteiger charge is -2.22. The van der Waals surface area contributed by atoms with Gasteiger partial charge in [-0.3, -0.25) is 0 Å². The minimum atomic E-state index is 0.437. The molecule has 0 saturated carbocycles. The third-order valence-electron chi connectivity index (χ3n) is 3.00. The van der Waals surface area contributed by atoms with Gasteiger partial charge >= 0.3 is 0 Å². The van der Waals surface area contributed by atoms with Crippen LogP contribution in [0.1, 0.15) is 20.3 Å². The molecule has 1 aliphatic heterocycles. The number of hydrogen-bond donors (Lipinski definition) is 0. The summed E-state index contributed by atoms with van der Waals surface area (Å²) in [6.45, 7) is 17.0. The van der Waals surface area contributed by atoms with E-state index in [4.69, 9.17) is 0 Å². The molecule has 0 radical (unpaired) electrons. The van der Waals surface area contributed by atoms with E-state index < -0.39 is 0 Å². The van der Waals surface area contributed by atoms with E-state index in [-0.39, 0.29) is 0 Å². The van der Waals surface area contributed by atoms with Crippen LogP contribution in [0.5, 0.6) is 0 Å². The molecule has 0 N–H and O–H groups in total. The average molecular weight is 215 g/mol. The minimum absolute atomic E-state index is 0.437. The van der Waals surface area contributed by atoms with Crippen molar-refractivity contribution in [3.05, 3.63) is 61.0 Å². The highest BCUT2D eigenvalue weighted by molar-refractivity contribution is 5.29. The van der Waals surface area contributed by atoms with Crippen LogP contribution in [0.3, 0.4) is 0 Å². The Labute approximate surface area is 99.2 Å². The van der Waals surface area contributed by atoms with Gasteiger partial charge in [-0.05, 0) is 26.3 Å². The van der Waals surface area contributed by atoms with Crippen LogP contribution in [0.25, 0.3) is 0 Å². The van der Waals surface area contributed by atoms with Crippen LogP contribution < -0.4 is 0 Å². The van der Waals surface area contributed by atoms with E-state index in [9.17, 15) is 0 Å². The Balaban J connectivity index is 2.83. The van der Waals surface area contributed by atoms with Gasteiger partial charge in [-0.2, -0.15) is 0 Å². The van der Waals surface area contributed by atoms with Crippen LogP contribution in [0, 0.1) is 5.92 Å². The van der Waals surface area contributed by atoms with Crippen molar-refractivity contribution in [2.24, 2.45) is 5.92 Å². The van der Waals surface area contributed by atoms with E-state index in [0.29, 0.717) is 5.92 Å². The largest absolute Gasteiger partial charge is 0.345 e. The molecule has 1 rings (SSSR count). The van der Waals surface area contributed by atoms with Crippen molar-refractivity contribution in [1.29, 1.82) is 0 Å². The summed E-state index contributed by atoms with van der Waals surface area (Å²) in [7, 11) is 0. The van der Waals surface area contributed by atoms with E-state index in [2.05, 4.69) is 43.7 Å². The van der Waals surface area contributed by atoms with E-state index >= 15 is 0 Å². The predicted molar refractivity (Wildman–Crippen MR) is 71.9 cm³/mol. The second kappa shape index (κ2) is 5.55. The molecule has 0 amide bonds. The molecule has 16 heavy (non-hydrogen) atoms. The third kappa shape index (κ3) is 2.54. The topological polar surface area (TPSA) is 3.24 Å². The van der Waals surface area contributed by atoms with Crippen molar-refractivity contribution in [2.75, 3.05) is 6.54 Å². The average Bonchev–Trinajstić information content (AvgIpc) is 2.62. The van der Waals surface area contributed by atoms with Gasteiger partial charge in [0.15, 0.2) is 0 Å². The van der Waals surface area contributed by atoms with Crippen molar-refractivity contribution >= 4 is 0 Å². The Bertz CT molecular complexity index is 358. The van der Waals surface area contributed by atoms with Crippen molar-refractivity contribution < 1.29 is 0 Å². The van der Waals surface area contributed by atoms with Gasteiger partial charge in [-0.1, -0.05) is 43.5 Å². The van der Waals surface area contributed by atoms with Crippen LogP contribution in [0.4, 0.5) is 0 Å². The molecular formula is C15H21N. The first-order valence-corrected chi connectivity index (χ1v) is 5.69.